The van der Waals surface area contributed by atoms with Gasteiger partial charge in [0.1, 0.15) is 0 Å². The maximum atomic E-state index is 12.2. The highest BCUT2D eigenvalue weighted by Crippen LogP contribution is 2.30. The van der Waals surface area contributed by atoms with Crippen LogP contribution in [0.1, 0.15) is 33.8 Å². The molecule has 1 aromatic carbocycles. The first-order valence-electron chi connectivity index (χ1n) is 6.42. The van der Waals surface area contributed by atoms with Gasteiger partial charge in [0.05, 0.1) is 16.3 Å². The molecular formula is C14H13ClN2OS2. The molecule has 0 saturated heterocycles. The van der Waals surface area contributed by atoms with Crippen LogP contribution in [0.3, 0.4) is 0 Å². The number of hydrogen-bond acceptors (Lipinski definition) is 4. The van der Waals surface area contributed by atoms with E-state index in [1.165, 1.54) is 17.7 Å². The number of aromatic nitrogens is 1. The summed E-state index contributed by atoms with van der Waals surface area (Å²) in [4.78, 5) is 18.7. The summed E-state index contributed by atoms with van der Waals surface area (Å²) >= 11 is 11.8. The number of nitrogens with zero attached hydrogens (tertiary/aromatic N) is 1. The van der Waals surface area contributed by atoms with E-state index in [0.29, 0.717) is 20.6 Å². The zero-order chi connectivity index (χ0) is 14.1. The van der Waals surface area contributed by atoms with Crippen LogP contribution in [-0.2, 0) is 12.8 Å². The van der Waals surface area contributed by atoms with Gasteiger partial charge in [-0.3, -0.25) is 10.1 Å². The molecule has 3 rings (SSSR count). The fraction of sp³-hybridized carbons (Fsp3) is 0.286. The van der Waals surface area contributed by atoms with Gasteiger partial charge in [-0.1, -0.05) is 11.6 Å². The SMILES string of the molecule is O=C(Nc1nc2c(s1)CCCC2)c1cc(S)ccc1Cl. The van der Waals surface area contributed by atoms with E-state index in [4.69, 9.17) is 11.6 Å². The summed E-state index contributed by atoms with van der Waals surface area (Å²) in [5, 5.41) is 3.91. The number of thiol groups is 1. The Kier molecular flexibility index (Phi) is 4.01. The molecule has 1 amide bonds. The highest BCUT2D eigenvalue weighted by atomic mass is 35.5. The van der Waals surface area contributed by atoms with Crippen molar-refractivity contribution < 1.29 is 4.79 Å². The molecule has 0 aliphatic heterocycles. The molecule has 3 nitrogen and oxygen atoms in total. The van der Waals surface area contributed by atoms with Crippen molar-refractivity contribution in [2.24, 2.45) is 0 Å². The molecule has 0 bridgehead atoms. The number of aryl methyl sites for hydroxylation is 2. The first-order valence-corrected chi connectivity index (χ1v) is 8.06. The Morgan fingerprint density at radius 3 is 2.95 bits per heavy atom. The third-order valence-corrected chi connectivity index (χ3v) is 4.94. The number of fused-ring (bicyclic) bond motifs is 1. The van der Waals surface area contributed by atoms with Crippen LogP contribution in [0, 0.1) is 0 Å². The van der Waals surface area contributed by atoms with Crippen molar-refractivity contribution in [3.63, 3.8) is 0 Å². The molecule has 0 atom stereocenters. The third-order valence-electron chi connectivity index (χ3n) is 3.26. The van der Waals surface area contributed by atoms with Crippen LogP contribution >= 0.6 is 35.6 Å². The molecule has 0 spiro atoms. The number of amides is 1. The second-order valence-electron chi connectivity index (χ2n) is 4.71. The van der Waals surface area contributed by atoms with E-state index >= 15 is 0 Å². The molecule has 1 heterocycles. The smallest absolute Gasteiger partial charge is 0.258 e. The van der Waals surface area contributed by atoms with Crippen molar-refractivity contribution >= 4 is 46.6 Å². The molecule has 0 unspecified atom stereocenters. The average Bonchev–Trinajstić information content (AvgIpc) is 2.83. The lowest BCUT2D eigenvalue weighted by Crippen LogP contribution is -2.12. The second kappa shape index (κ2) is 5.76. The molecule has 0 radical (unpaired) electrons. The van der Waals surface area contributed by atoms with Gasteiger partial charge in [0.2, 0.25) is 0 Å². The van der Waals surface area contributed by atoms with Crippen LogP contribution < -0.4 is 5.32 Å². The Morgan fingerprint density at radius 1 is 1.35 bits per heavy atom. The lowest BCUT2D eigenvalue weighted by atomic mass is 10.0. The summed E-state index contributed by atoms with van der Waals surface area (Å²) in [6, 6.07) is 5.09. The zero-order valence-electron chi connectivity index (χ0n) is 10.6. The largest absolute Gasteiger partial charge is 0.298 e. The van der Waals surface area contributed by atoms with Crippen molar-refractivity contribution in [1.29, 1.82) is 0 Å². The van der Waals surface area contributed by atoms with Crippen molar-refractivity contribution in [2.45, 2.75) is 30.6 Å². The number of halogens is 1. The van der Waals surface area contributed by atoms with Crippen LogP contribution in [0.5, 0.6) is 0 Å². The van der Waals surface area contributed by atoms with Gasteiger partial charge >= 0.3 is 0 Å². The van der Waals surface area contributed by atoms with E-state index in [1.807, 2.05) is 0 Å². The first-order chi connectivity index (χ1) is 9.63. The Morgan fingerprint density at radius 2 is 2.15 bits per heavy atom. The van der Waals surface area contributed by atoms with Crippen LogP contribution in [0.15, 0.2) is 23.1 Å². The highest BCUT2D eigenvalue weighted by molar-refractivity contribution is 7.80. The van der Waals surface area contributed by atoms with E-state index in [0.717, 1.165) is 18.5 Å². The summed E-state index contributed by atoms with van der Waals surface area (Å²) in [6.07, 6.45) is 4.46. The second-order valence-corrected chi connectivity index (χ2v) is 6.72. The number of nitrogens with one attached hydrogen (secondary N) is 1. The van der Waals surface area contributed by atoms with E-state index in [9.17, 15) is 4.79 Å². The molecule has 1 aliphatic rings. The predicted octanol–water partition coefficient (Wildman–Crippen LogP) is 4.22. The Hall–Kier alpha value is -1.04. The molecule has 20 heavy (non-hydrogen) atoms. The van der Waals surface area contributed by atoms with Gasteiger partial charge in [0.15, 0.2) is 5.13 Å². The highest BCUT2D eigenvalue weighted by Gasteiger charge is 2.18. The standard InChI is InChI=1S/C14H13ClN2OS2/c15-10-6-5-8(19)7-9(10)13(18)17-14-16-11-3-1-2-4-12(11)20-14/h5-7,19H,1-4H2,(H,16,17,18). The minimum absolute atomic E-state index is 0.239. The van der Waals surface area contributed by atoms with Crippen molar-refractivity contribution in [2.75, 3.05) is 5.32 Å². The van der Waals surface area contributed by atoms with Crippen LogP contribution in [0.25, 0.3) is 0 Å². The number of rotatable bonds is 2. The van der Waals surface area contributed by atoms with Gasteiger partial charge in [0, 0.05) is 9.77 Å². The number of carbonyl (C=O) groups excluding carboxylic acids is 1. The van der Waals surface area contributed by atoms with Crippen molar-refractivity contribution in [3.05, 3.63) is 39.4 Å². The lowest BCUT2D eigenvalue weighted by Gasteiger charge is -2.06. The fourth-order valence-electron chi connectivity index (χ4n) is 2.26. The summed E-state index contributed by atoms with van der Waals surface area (Å²) in [6.45, 7) is 0. The molecule has 1 aromatic heterocycles. The summed E-state index contributed by atoms with van der Waals surface area (Å²) in [5.41, 5.74) is 1.55. The molecule has 1 N–H and O–H groups in total. The minimum atomic E-state index is -0.239. The fourth-order valence-corrected chi connectivity index (χ4v) is 3.71. The molecule has 0 saturated carbocycles. The van der Waals surface area contributed by atoms with E-state index in [-0.39, 0.29) is 5.91 Å². The topological polar surface area (TPSA) is 42.0 Å². The maximum absolute atomic E-state index is 12.2. The molecule has 104 valence electrons. The summed E-state index contributed by atoms with van der Waals surface area (Å²) in [7, 11) is 0. The Balaban J connectivity index is 1.82. The van der Waals surface area contributed by atoms with Gasteiger partial charge in [-0.05, 0) is 43.9 Å². The minimum Gasteiger partial charge on any atom is -0.298 e. The predicted molar refractivity (Wildman–Crippen MR) is 85.4 cm³/mol. The van der Waals surface area contributed by atoms with Gasteiger partial charge in [-0.15, -0.1) is 24.0 Å². The van der Waals surface area contributed by atoms with Crippen LogP contribution in [0.2, 0.25) is 5.02 Å². The van der Waals surface area contributed by atoms with Gasteiger partial charge < -0.3 is 0 Å². The average molecular weight is 325 g/mol. The normalized spacial score (nSPS) is 13.9. The van der Waals surface area contributed by atoms with Crippen molar-refractivity contribution in [3.8, 4) is 0 Å². The third kappa shape index (κ3) is 2.85. The monoisotopic (exact) mass is 324 g/mol. The van der Waals surface area contributed by atoms with Crippen LogP contribution in [0.4, 0.5) is 5.13 Å². The van der Waals surface area contributed by atoms with E-state index in [2.05, 4.69) is 22.9 Å². The number of hydrogen-bond donors (Lipinski definition) is 2. The van der Waals surface area contributed by atoms with Gasteiger partial charge in [0.25, 0.3) is 5.91 Å². The Labute approximate surface area is 131 Å². The lowest BCUT2D eigenvalue weighted by molar-refractivity contribution is 0.102. The van der Waals surface area contributed by atoms with E-state index in [1.54, 1.807) is 29.5 Å². The molecule has 6 heteroatoms. The van der Waals surface area contributed by atoms with Crippen molar-refractivity contribution in [1.82, 2.24) is 4.98 Å². The first kappa shape index (κ1) is 13.9. The number of thiazole rings is 1. The molecular weight excluding hydrogens is 312 g/mol. The quantitative estimate of drug-likeness (QED) is 0.812. The number of benzene rings is 1. The summed E-state index contributed by atoms with van der Waals surface area (Å²) in [5.74, 6) is -0.239. The molecule has 0 fully saturated rings. The zero-order valence-corrected chi connectivity index (χ0v) is 13.1. The van der Waals surface area contributed by atoms with Gasteiger partial charge in [-0.25, -0.2) is 4.98 Å². The molecule has 2 aromatic rings. The number of carbonyl (C=O) groups is 1. The molecule has 1 aliphatic carbocycles. The Bertz CT molecular complexity index is 646. The maximum Gasteiger partial charge on any atom is 0.258 e. The van der Waals surface area contributed by atoms with Gasteiger partial charge in [-0.2, -0.15) is 0 Å². The van der Waals surface area contributed by atoms with Crippen LogP contribution in [-0.4, -0.2) is 10.9 Å². The number of anilines is 1. The summed E-state index contributed by atoms with van der Waals surface area (Å²) < 4.78 is 0. The van der Waals surface area contributed by atoms with E-state index < -0.39 is 0 Å².